The lowest BCUT2D eigenvalue weighted by atomic mass is 9.97. The van der Waals surface area contributed by atoms with Crippen LogP contribution in [0.1, 0.15) is 70.9 Å². The van der Waals surface area contributed by atoms with Gasteiger partial charge in [0.05, 0.1) is 10.7 Å². The molecule has 2 unspecified atom stereocenters. The molecule has 0 bridgehead atoms. The maximum atomic E-state index is 13.3. The lowest BCUT2D eigenvalue weighted by Crippen LogP contribution is -2.40. The number of nitrogens with zero attached hydrogens (tertiary/aromatic N) is 5. The van der Waals surface area contributed by atoms with Crippen LogP contribution in [-0.4, -0.2) is 63.4 Å². The molecule has 0 radical (unpaired) electrons. The molecule has 2 aromatic heterocycles. The van der Waals surface area contributed by atoms with Gasteiger partial charge in [-0.05, 0) is 36.6 Å². The van der Waals surface area contributed by atoms with Crippen LogP contribution >= 0.6 is 22.9 Å². The van der Waals surface area contributed by atoms with Gasteiger partial charge in [-0.25, -0.2) is 22.5 Å². The van der Waals surface area contributed by atoms with Crippen LogP contribution in [0.15, 0.2) is 40.9 Å². The van der Waals surface area contributed by atoms with E-state index in [9.17, 15) is 35.3 Å². The summed E-state index contributed by atoms with van der Waals surface area (Å²) in [5.41, 5.74) is -0.357. The summed E-state index contributed by atoms with van der Waals surface area (Å²) < 4.78 is 87.3. The zero-order chi connectivity index (χ0) is 30.2. The Morgan fingerprint density at radius 3 is 2.55 bits per heavy atom. The van der Waals surface area contributed by atoms with E-state index in [4.69, 9.17) is 16.4 Å². The molecule has 4 heterocycles. The number of alkyl halides is 4. The lowest BCUT2D eigenvalue weighted by Gasteiger charge is -2.31. The van der Waals surface area contributed by atoms with E-state index >= 15 is 0 Å². The summed E-state index contributed by atoms with van der Waals surface area (Å²) in [7, 11) is -4.56. The number of hydrogen-bond acceptors (Lipinski definition) is 8. The van der Waals surface area contributed by atoms with E-state index in [1.165, 1.54) is 28.4 Å². The molecule has 42 heavy (non-hydrogen) atoms. The molecule has 1 saturated heterocycles. The average Bonchev–Trinajstić information content (AvgIpc) is 3.68. The SMILES string of the molecule is O=C(Cn1nc(C(F)F)cc1C(F)F)N1CCC(c2nc(C3=NOC(C(c4cccc(Cl)c4)S(=O)(=O)O)C3)cs2)CC1. The van der Waals surface area contributed by atoms with Crippen LogP contribution in [0.3, 0.4) is 0 Å². The van der Waals surface area contributed by atoms with E-state index in [1.807, 2.05) is 0 Å². The van der Waals surface area contributed by atoms with Crippen molar-refractivity contribution in [1.29, 1.82) is 0 Å². The predicted molar refractivity (Wildman–Crippen MR) is 145 cm³/mol. The monoisotopic (exact) mass is 649 g/mol. The first kappa shape index (κ1) is 30.4. The van der Waals surface area contributed by atoms with E-state index < -0.39 is 58.2 Å². The maximum Gasteiger partial charge on any atom is 0.282 e. The third-order valence-electron chi connectivity index (χ3n) is 7.11. The number of benzene rings is 1. The van der Waals surface area contributed by atoms with Crippen molar-refractivity contribution in [2.75, 3.05) is 13.1 Å². The molecule has 0 aliphatic carbocycles. The maximum absolute atomic E-state index is 13.3. The van der Waals surface area contributed by atoms with Crippen molar-refractivity contribution < 1.29 is 40.2 Å². The van der Waals surface area contributed by atoms with Gasteiger partial charge in [-0.2, -0.15) is 13.5 Å². The average molecular weight is 650 g/mol. The number of carbonyl (C=O) groups is 1. The first-order valence-electron chi connectivity index (χ1n) is 12.7. The minimum Gasteiger partial charge on any atom is -0.390 e. The number of hydrogen-bond donors (Lipinski definition) is 1. The van der Waals surface area contributed by atoms with Gasteiger partial charge in [-0.3, -0.25) is 14.0 Å². The minimum atomic E-state index is -4.56. The lowest BCUT2D eigenvalue weighted by molar-refractivity contribution is -0.133. The standard InChI is InChI=1S/C25H24ClF4N5O5S2/c26-15-3-1-2-14(8-15)22(42(37,38)39)20-10-16(33-40-20)18-12-41-25(31-18)13-4-6-34(7-5-13)21(36)11-35-19(24(29)30)9-17(32-35)23(27)28/h1-3,8-9,12-13,20,22-24H,4-7,10-11H2,(H,37,38,39). The molecule has 10 nitrogen and oxygen atoms in total. The van der Waals surface area contributed by atoms with Gasteiger partial charge in [0, 0.05) is 35.8 Å². The van der Waals surface area contributed by atoms with Crippen molar-refractivity contribution >= 4 is 44.7 Å². The Hall–Kier alpha value is -3.08. The molecule has 3 aromatic rings. The Labute approximate surface area is 246 Å². The van der Waals surface area contributed by atoms with E-state index in [-0.39, 0.29) is 17.9 Å². The van der Waals surface area contributed by atoms with Gasteiger partial charge in [0.15, 0.2) is 11.4 Å². The Balaban J connectivity index is 1.19. The number of halogens is 5. The highest BCUT2D eigenvalue weighted by atomic mass is 35.5. The summed E-state index contributed by atoms with van der Waals surface area (Å²) in [6.45, 7) is 0.0552. The van der Waals surface area contributed by atoms with Crippen molar-refractivity contribution in [3.63, 3.8) is 0 Å². The van der Waals surface area contributed by atoms with E-state index in [0.29, 0.717) is 53.1 Å². The van der Waals surface area contributed by atoms with Gasteiger partial charge in [0.25, 0.3) is 23.0 Å². The third kappa shape index (κ3) is 6.61. The summed E-state index contributed by atoms with van der Waals surface area (Å²) in [4.78, 5) is 24.3. The van der Waals surface area contributed by atoms with Gasteiger partial charge in [0.1, 0.15) is 23.6 Å². The highest BCUT2D eigenvalue weighted by Gasteiger charge is 2.40. The molecular weight excluding hydrogens is 626 g/mol. The van der Waals surface area contributed by atoms with E-state index in [1.54, 1.807) is 17.5 Å². The first-order chi connectivity index (χ1) is 19.9. The second kappa shape index (κ2) is 12.3. The first-order valence-corrected chi connectivity index (χ1v) is 15.5. The van der Waals surface area contributed by atoms with Crippen LogP contribution in [-0.2, 0) is 26.3 Å². The molecule has 0 spiro atoms. The number of likely N-dealkylation sites (tertiary alicyclic amines) is 1. The van der Waals surface area contributed by atoms with Gasteiger partial charge >= 0.3 is 0 Å². The van der Waals surface area contributed by atoms with Crippen molar-refractivity contribution in [3.05, 3.63) is 68.4 Å². The molecule has 1 N–H and O–H groups in total. The predicted octanol–water partition coefficient (Wildman–Crippen LogP) is 5.40. The minimum absolute atomic E-state index is 0.00434. The molecule has 226 valence electrons. The molecule has 5 rings (SSSR count). The topological polar surface area (TPSA) is 127 Å². The molecule has 2 aliphatic heterocycles. The smallest absolute Gasteiger partial charge is 0.282 e. The molecule has 17 heteroatoms. The summed E-state index contributed by atoms with van der Waals surface area (Å²) in [5.74, 6) is -0.508. The van der Waals surface area contributed by atoms with Gasteiger partial charge in [-0.15, -0.1) is 11.3 Å². The van der Waals surface area contributed by atoms with Gasteiger partial charge < -0.3 is 9.74 Å². The quantitative estimate of drug-likeness (QED) is 0.243. The van der Waals surface area contributed by atoms with Gasteiger partial charge in [0.2, 0.25) is 5.91 Å². The number of rotatable bonds is 9. The molecular formula is C25H24ClF4N5O5S2. The number of amides is 1. The Morgan fingerprint density at radius 2 is 1.90 bits per heavy atom. The summed E-state index contributed by atoms with van der Waals surface area (Å²) >= 11 is 7.38. The fraction of sp³-hybridized carbons (Fsp3) is 0.440. The zero-order valence-corrected chi connectivity index (χ0v) is 24.0. The van der Waals surface area contributed by atoms with Crippen molar-refractivity contribution in [1.82, 2.24) is 19.7 Å². The third-order valence-corrected chi connectivity index (χ3v) is 9.57. The number of aromatic nitrogens is 3. The second-order valence-corrected chi connectivity index (χ2v) is 12.7. The zero-order valence-electron chi connectivity index (χ0n) is 21.6. The highest BCUT2D eigenvalue weighted by Crippen LogP contribution is 2.36. The van der Waals surface area contributed by atoms with E-state index in [2.05, 4.69) is 15.2 Å². The van der Waals surface area contributed by atoms with Crippen LogP contribution < -0.4 is 0 Å². The van der Waals surface area contributed by atoms with Crippen LogP contribution in [0.25, 0.3) is 0 Å². The Kier molecular flexibility index (Phi) is 8.87. The van der Waals surface area contributed by atoms with Crippen molar-refractivity contribution in [2.45, 2.75) is 55.9 Å². The fourth-order valence-electron chi connectivity index (χ4n) is 5.04. The molecule has 1 amide bonds. The Bertz CT molecular complexity index is 1590. The second-order valence-electron chi connectivity index (χ2n) is 9.86. The van der Waals surface area contributed by atoms with Crippen molar-refractivity contribution in [2.24, 2.45) is 5.16 Å². The summed E-state index contributed by atoms with van der Waals surface area (Å²) in [5, 5.41) is 8.94. The Morgan fingerprint density at radius 1 is 1.17 bits per heavy atom. The number of thiazole rings is 1. The summed E-state index contributed by atoms with van der Waals surface area (Å²) in [6.07, 6.45) is -5.93. The largest absolute Gasteiger partial charge is 0.390 e. The van der Waals surface area contributed by atoms with Crippen molar-refractivity contribution in [3.8, 4) is 0 Å². The molecule has 1 fully saturated rings. The van der Waals surface area contributed by atoms with Crippen LogP contribution in [0.4, 0.5) is 17.6 Å². The normalized spacial score (nSPS) is 18.9. The fourth-order valence-corrected chi connectivity index (χ4v) is 7.26. The number of piperidine rings is 1. The molecule has 2 atom stereocenters. The molecule has 1 aromatic carbocycles. The highest BCUT2D eigenvalue weighted by molar-refractivity contribution is 7.86. The summed E-state index contributed by atoms with van der Waals surface area (Å²) in [6, 6.07) is 6.72. The number of oxime groups is 1. The van der Waals surface area contributed by atoms with Crippen LogP contribution in [0, 0.1) is 0 Å². The molecule has 2 aliphatic rings. The van der Waals surface area contributed by atoms with Crippen LogP contribution in [0.2, 0.25) is 5.02 Å². The van der Waals surface area contributed by atoms with Crippen LogP contribution in [0.5, 0.6) is 0 Å². The molecule has 0 saturated carbocycles. The number of carbonyl (C=O) groups excluding carboxylic acids is 1. The van der Waals surface area contributed by atoms with E-state index in [0.717, 1.165) is 5.01 Å². The van der Waals surface area contributed by atoms with Gasteiger partial charge in [-0.1, -0.05) is 28.9 Å².